The van der Waals surface area contributed by atoms with Crippen LogP contribution in [0.1, 0.15) is 43.0 Å². The number of aliphatic hydroxyl groups excluding tert-OH is 1. The Balaban J connectivity index is 1.57. The third-order valence-corrected chi connectivity index (χ3v) is 9.52. The van der Waals surface area contributed by atoms with Crippen molar-refractivity contribution in [3.63, 3.8) is 0 Å². The van der Waals surface area contributed by atoms with Gasteiger partial charge >= 0.3 is 5.91 Å². The fourth-order valence-electron chi connectivity index (χ4n) is 4.54. The van der Waals surface area contributed by atoms with Crippen molar-refractivity contribution in [3.05, 3.63) is 98.0 Å². The molecular formula is C31H26Cl3N3O5S2. The van der Waals surface area contributed by atoms with E-state index in [4.69, 9.17) is 44.3 Å². The number of Topliss-reactive ketones (excluding diaryl/α,β-unsaturated/α-hetero) is 1. The van der Waals surface area contributed by atoms with Crippen LogP contribution in [-0.4, -0.2) is 40.2 Å². The van der Waals surface area contributed by atoms with Gasteiger partial charge in [-0.05, 0) is 73.0 Å². The number of nitrogens with zero attached hydrogens (tertiary/aromatic N) is 3. The minimum atomic E-state index is -1.03. The van der Waals surface area contributed by atoms with Crippen molar-refractivity contribution in [2.45, 2.75) is 36.4 Å². The average Bonchev–Trinajstić information content (AvgIpc) is 3.58. The number of anilines is 1. The maximum absolute atomic E-state index is 13.6. The molecule has 13 heteroatoms. The zero-order valence-corrected chi connectivity index (χ0v) is 27.5. The van der Waals surface area contributed by atoms with Gasteiger partial charge in [0, 0.05) is 26.4 Å². The summed E-state index contributed by atoms with van der Waals surface area (Å²) in [7, 11) is 0. The zero-order valence-electron chi connectivity index (χ0n) is 23.6. The number of halogens is 3. The van der Waals surface area contributed by atoms with Gasteiger partial charge in [0.1, 0.15) is 5.76 Å². The fourth-order valence-corrected chi connectivity index (χ4v) is 7.09. The molecule has 2 heterocycles. The van der Waals surface area contributed by atoms with E-state index in [9.17, 15) is 14.7 Å². The number of thioether (sulfide) groups is 1. The molecule has 1 N–H and O–H groups in total. The van der Waals surface area contributed by atoms with Crippen LogP contribution in [0.2, 0.25) is 15.1 Å². The SMILES string of the molecule is CCCOc1ccc(C2/C(=C(\O)c3ccc(Cl)cc3)C(=O)C(=O)N2c2nnc(SCc3ccc(Cl)cc3Cl)s2)cc1OCC. The largest absolute Gasteiger partial charge is 0.507 e. The summed E-state index contributed by atoms with van der Waals surface area (Å²) in [5.74, 6) is -0.576. The lowest BCUT2D eigenvalue weighted by molar-refractivity contribution is -0.132. The molecule has 44 heavy (non-hydrogen) atoms. The fraction of sp³-hybridized carbons (Fsp3) is 0.226. The molecule has 1 aliphatic heterocycles. The summed E-state index contributed by atoms with van der Waals surface area (Å²) in [6.45, 7) is 4.70. The Hall–Kier alpha value is -3.28. The molecule has 4 aromatic rings. The molecule has 228 valence electrons. The Labute approximate surface area is 277 Å². The van der Waals surface area contributed by atoms with E-state index >= 15 is 0 Å². The van der Waals surface area contributed by atoms with Crippen molar-refractivity contribution < 1.29 is 24.2 Å². The summed E-state index contributed by atoms with van der Waals surface area (Å²) >= 11 is 20.9. The Bertz CT molecular complexity index is 1730. The molecule has 0 saturated carbocycles. The van der Waals surface area contributed by atoms with Crippen LogP contribution in [0, 0.1) is 0 Å². The van der Waals surface area contributed by atoms with Crippen molar-refractivity contribution >= 4 is 80.5 Å². The Kier molecular flexibility index (Phi) is 10.4. The first kappa shape index (κ1) is 32.1. The van der Waals surface area contributed by atoms with Gasteiger partial charge in [0.2, 0.25) is 5.13 Å². The quantitative estimate of drug-likeness (QED) is 0.0549. The first-order valence-corrected chi connectivity index (χ1v) is 16.5. The summed E-state index contributed by atoms with van der Waals surface area (Å²) in [6, 6.07) is 15.8. The average molecular weight is 691 g/mol. The van der Waals surface area contributed by atoms with E-state index in [2.05, 4.69) is 10.2 Å². The van der Waals surface area contributed by atoms with Crippen molar-refractivity contribution in [1.82, 2.24) is 10.2 Å². The van der Waals surface area contributed by atoms with E-state index in [0.29, 0.717) is 61.0 Å². The molecule has 1 aliphatic rings. The summed E-state index contributed by atoms with van der Waals surface area (Å²) in [5.41, 5.74) is 1.61. The molecule has 1 saturated heterocycles. The number of ketones is 1. The lowest BCUT2D eigenvalue weighted by atomic mass is 9.95. The summed E-state index contributed by atoms with van der Waals surface area (Å²) in [5, 5.41) is 21.7. The van der Waals surface area contributed by atoms with Crippen LogP contribution in [0.15, 0.2) is 70.6 Å². The molecule has 3 aromatic carbocycles. The Morgan fingerprint density at radius 3 is 2.41 bits per heavy atom. The van der Waals surface area contributed by atoms with Crippen LogP contribution >= 0.6 is 57.9 Å². The molecule has 8 nitrogen and oxygen atoms in total. The normalized spacial score (nSPS) is 16.0. The first-order chi connectivity index (χ1) is 21.2. The molecule has 5 rings (SSSR count). The highest BCUT2D eigenvalue weighted by atomic mass is 35.5. The van der Waals surface area contributed by atoms with Gasteiger partial charge in [0.05, 0.1) is 24.8 Å². The highest BCUT2D eigenvalue weighted by molar-refractivity contribution is 8.00. The number of carbonyl (C=O) groups is 2. The van der Waals surface area contributed by atoms with Gasteiger partial charge in [-0.25, -0.2) is 0 Å². The molecule has 1 amide bonds. The second kappa shape index (κ2) is 14.2. The van der Waals surface area contributed by atoms with Crippen molar-refractivity contribution in [1.29, 1.82) is 0 Å². The summed E-state index contributed by atoms with van der Waals surface area (Å²) in [6.07, 6.45) is 0.802. The molecule has 1 atom stereocenters. The molecule has 0 radical (unpaired) electrons. The predicted octanol–water partition coefficient (Wildman–Crippen LogP) is 8.60. The van der Waals surface area contributed by atoms with Gasteiger partial charge in [0.25, 0.3) is 5.78 Å². The highest BCUT2D eigenvalue weighted by Crippen LogP contribution is 2.46. The topological polar surface area (TPSA) is 102 Å². The lowest BCUT2D eigenvalue weighted by Crippen LogP contribution is -2.29. The number of ether oxygens (including phenoxy) is 2. The maximum atomic E-state index is 13.6. The van der Waals surface area contributed by atoms with E-state index in [1.54, 1.807) is 54.6 Å². The minimum absolute atomic E-state index is 0.0978. The van der Waals surface area contributed by atoms with E-state index in [1.807, 2.05) is 19.9 Å². The van der Waals surface area contributed by atoms with Crippen LogP contribution in [0.25, 0.3) is 5.76 Å². The number of hydrogen-bond donors (Lipinski definition) is 1. The van der Waals surface area contributed by atoms with Crippen LogP contribution < -0.4 is 14.4 Å². The van der Waals surface area contributed by atoms with Crippen molar-refractivity contribution in [2.24, 2.45) is 0 Å². The Morgan fingerprint density at radius 1 is 0.955 bits per heavy atom. The highest BCUT2D eigenvalue weighted by Gasteiger charge is 2.48. The molecule has 0 bridgehead atoms. The zero-order chi connectivity index (χ0) is 31.4. The van der Waals surface area contributed by atoms with E-state index < -0.39 is 17.7 Å². The van der Waals surface area contributed by atoms with Crippen LogP contribution in [-0.2, 0) is 15.3 Å². The molecule has 0 spiro atoms. The number of aliphatic hydroxyl groups is 1. The molecule has 1 unspecified atom stereocenters. The van der Waals surface area contributed by atoms with Gasteiger partial charge < -0.3 is 14.6 Å². The van der Waals surface area contributed by atoms with E-state index in [0.717, 1.165) is 23.3 Å². The lowest BCUT2D eigenvalue weighted by Gasteiger charge is -2.23. The van der Waals surface area contributed by atoms with E-state index in [1.165, 1.54) is 16.7 Å². The number of aromatic nitrogens is 2. The smallest absolute Gasteiger partial charge is 0.301 e. The Morgan fingerprint density at radius 2 is 1.70 bits per heavy atom. The summed E-state index contributed by atoms with van der Waals surface area (Å²) in [4.78, 5) is 28.5. The van der Waals surface area contributed by atoms with Gasteiger partial charge in [-0.15, -0.1) is 10.2 Å². The minimum Gasteiger partial charge on any atom is -0.507 e. The van der Waals surface area contributed by atoms with Crippen molar-refractivity contribution in [2.75, 3.05) is 18.1 Å². The molecule has 1 fully saturated rings. The van der Waals surface area contributed by atoms with Gasteiger partial charge in [-0.1, -0.05) is 77.0 Å². The van der Waals surface area contributed by atoms with Crippen LogP contribution in [0.3, 0.4) is 0 Å². The third kappa shape index (κ3) is 6.84. The second-order valence-electron chi connectivity index (χ2n) is 9.54. The van der Waals surface area contributed by atoms with Gasteiger partial charge in [-0.3, -0.25) is 14.5 Å². The molecule has 0 aliphatic carbocycles. The second-order valence-corrected chi connectivity index (χ2v) is 13.0. The molecular weight excluding hydrogens is 665 g/mol. The maximum Gasteiger partial charge on any atom is 0.301 e. The number of rotatable bonds is 11. The molecule has 1 aromatic heterocycles. The number of amides is 1. The van der Waals surface area contributed by atoms with Crippen molar-refractivity contribution in [3.8, 4) is 11.5 Å². The van der Waals surface area contributed by atoms with Gasteiger partial charge in [0.15, 0.2) is 15.8 Å². The van der Waals surface area contributed by atoms with Crippen LogP contribution in [0.5, 0.6) is 11.5 Å². The van der Waals surface area contributed by atoms with Crippen LogP contribution in [0.4, 0.5) is 5.13 Å². The standard InChI is InChI=1S/C31H26Cl3N3O5S2/c1-3-13-42-23-12-8-18(14-24(23)41-4-2)26-25(27(38)17-5-9-20(32)10-6-17)28(39)29(40)37(26)30-35-36-31(44-30)43-16-19-7-11-21(33)15-22(19)34/h5-12,14-15,26,38H,3-4,13,16H2,1-2H3/b27-25+. The summed E-state index contributed by atoms with van der Waals surface area (Å²) < 4.78 is 12.3. The predicted molar refractivity (Wildman–Crippen MR) is 176 cm³/mol. The number of benzene rings is 3. The number of hydrogen-bond acceptors (Lipinski definition) is 9. The third-order valence-electron chi connectivity index (χ3n) is 6.58. The first-order valence-electron chi connectivity index (χ1n) is 13.6. The van der Waals surface area contributed by atoms with E-state index in [-0.39, 0.29) is 16.5 Å². The monoisotopic (exact) mass is 689 g/mol. The van der Waals surface area contributed by atoms with Gasteiger partial charge in [-0.2, -0.15) is 0 Å². The number of carbonyl (C=O) groups excluding carboxylic acids is 2.